The first-order chi connectivity index (χ1) is 11.1. The Kier molecular flexibility index (Phi) is 3.77. The lowest BCUT2D eigenvalue weighted by Crippen LogP contribution is -2.35. The van der Waals surface area contributed by atoms with Gasteiger partial charge in [-0.05, 0) is 24.3 Å². The van der Waals surface area contributed by atoms with Gasteiger partial charge in [-0.3, -0.25) is 4.79 Å². The van der Waals surface area contributed by atoms with Gasteiger partial charge in [-0.15, -0.1) is 6.42 Å². The maximum absolute atomic E-state index is 13.9. The number of Topliss-reactive ketones (excluding diaryl/α,β-unsaturated/α-hetero) is 1. The lowest BCUT2D eigenvalue weighted by atomic mass is 9.86. The van der Waals surface area contributed by atoms with Crippen LogP contribution in [-0.4, -0.2) is 24.1 Å². The highest BCUT2D eigenvalue weighted by Gasteiger charge is 2.38. The third-order valence-electron chi connectivity index (χ3n) is 3.62. The minimum Gasteiger partial charge on any atom is -0.486 e. The second-order valence-electron chi connectivity index (χ2n) is 5.02. The average molecular weight is 312 g/mol. The largest absolute Gasteiger partial charge is 0.486 e. The molecular formula is C18H13FO4. The predicted octanol–water partition coefficient (Wildman–Crippen LogP) is 2.30. The highest BCUT2D eigenvalue weighted by Crippen LogP contribution is 2.35. The van der Waals surface area contributed by atoms with Crippen molar-refractivity contribution < 1.29 is 23.8 Å². The highest BCUT2D eigenvalue weighted by molar-refractivity contribution is 6.05. The van der Waals surface area contributed by atoms with Crippen molar-refractivity contribution >= 4 is 5.78 Å². The Morgan fingerprint density at radius 2 is 1.87 bits per heavy atom. The fourth-order valence-electron chi connectivity index (χ4n) is 2.39. The van der Waals surface area contributed by atoms with Crippen molar-refractivity contribution in [2.45, 2.75) is 5.60 Å². The van der Waals surface area contributed by atoms with E-state index in [1.807, 2.05) is 0 Å². The van der Waals surface area contributed by atoms with Crippen LogP contribution < -0.4 is 9.47 Å². The summed E-state index contributed by atoms with van der Waals surface area (Å²) < 4.78 is 24.7. The normalized spacial score (nSPS) is 15.3. The fraction of sp³-hybridized carbons (Fsp3) is 0.167. The zero-order valence-corrected chi connectivity index (χ0v) is 12.1. The van der Waals surface area contributed by atoms with Gasteiger partial charge in [0, 0.05) is 5.56 Å². The molecule has 116 valence electrons. The summed E-state index contributed by atoms with van der Waals surface area (Å²) in [6, 6.07) is 9.81. The molecule has 0 aliphatic carbocycles. The second-order valence-corrected chi connectivity index (χ2v) is 5.02. The van der Waals surface area contributed by atoms with Gasteiger partial charge >= 0.3 is 0 Å². The molecule has 1 N–H and O–H groups in total. The fourth-order valence-corrected chi connectivity index (χ4v) is 2.39. The number of carbonyl (C=O) groups excluding carboxylic acids is 1. The number of rotatable bonds is 3. The molecule has 1 aliphatic heterocycles. The van der Waals surface area contributed by atoms with E-state index in [2.05, 4.69) is 5.92 Å². The van der Waals surface area contributed by atoms with E-state index in [0.717, 1.165) is 6.07 Å². The number of terminal acetylenes is 1. The molecular weight excluding hydrogens is 299 g/mol. The monoisotopic (exact) mass is 312 g/mol. The first-order valence-electron chi connectivity index (χ1n) is 6.96. The zero-order chi connectivity index (χ0) is 16.4. The van der Waals surface area contributed by atoms with E-state index < -0.39 is 17.2 Å². The highest BCUT2D eigenvalue weighted by atomic mass is 19.1. The van der Waals surface area contributed by atoms with Crippen LogP contribution >= 0.6 is 0 Å². The Balaban J connectivity index is 2.06. The van der Waals surface area contributed by atoms with E-state index >= 15 is 0 Å². The Labute approximate surface area is 132 Å². The van der Waals surface area contributed by atoms with Gasteiger partial charge in [0.15, 0.2) is 11.5 Å². The molecule has 23 heavy (non-hydrogen) atoms. The van der Waals surface area contributed by atoms with E-state index in [1.54, 1.807) is 6.07 Å². The van der Waals surface area contributed by atoms with E-state index in [0.29, 0.717) is 24.7 Å². The first-order valence-corrected chi connectivity index (χ1v) is 6.96. The minimum absolute atomic E-state index is 0.123. The quantitative estimate of drug-likeness (QED) is 0.698. The number of ether oxygens (including phenoxy) is 2. The van der Waals surface area contributed by atoms with Crippen molar-refractivity contribution in [3.63, 3.8) is 0 Å². The van der Waals surface area contributed by atoms with Gasteiger partial charge in [-0.1, -0.05) is 24.1 Å². The third-order valence-corrected chi connectivity index (χ3v) is 3.62. The number of carbonyl (C=O) groups is 1. The molecule has 1 aliphatic rings. The maximum Gasteiger partial charge on any atom is 0.215 e. The molecule has 3 rings (SSSR count). The summed E-state index contributed by atoms with van der Waals surface area (Å²) in [4.78, 5) is 12.6. The van der Waals surface area contributed by atoms with Crippen molar-refractivity contribution in [3.8, 4) is 23.8 Å². The average Bonchev–Trinajstić information content (AvgIpc) is 2.60. The lowest BCUT2D eigenvalue weighted by molar-refractivity contribution is 0.0547. The number of hydrogen-bond acceptors (Lipinski definition) is 4. The molecule has 2 aromatic rings. The van der Waals surface area contributed by atoms with E-state index in [4.69, 9.17) is 15.9 Å². The van der Waals surface area contributed by atoms with Gasteiger partial charge in [0.1, 0.15) is 19.0 Å². The number of halogens is 1. The van der Waals surface area contributed by atoms with Crippen molar-refractivity contribution in [2.75, 3.05) is 13.2 Å². The number of hydrogen-bond donors (Lipinski definition) is 1. The molecule has 0 saturated heterocycles. The maximum atomic E-state index is 13.9. The van der Waals surface area contributed by atoms with Crippen LogP contribution in [-0.2, 0) is 5.60 Å². The van der Waals surface area contributed by atoms with Crippen LogP contribution in [0.1, 0.15) is 15.9 Å². The smallest absolute Gasteiger partial charge is 0.215 e. The molecule has 0 spiro atoms. The second kappa shape index (κ2) is 5.75. The molecule has 5 heteroatoms. The Morgan fingerprint density at radius 1 is 1.17 bits per heavy atom. The van der Waals surface area contributed by atoms with Crippen LogP contribution in [0.2, 0.25) is 0 Å². The van der Waals surface area contributed by atoms with Crippen LogP contribution in [0.25, 0.3) is 0 Å². The molecule has 0 amide bonds. The van der Waals surface area contributed by atoms with Gasteiger partial charge in [0.05, 0.1) is 5.56 Å². The molecule has 4 nitrogen and oxygen atoms in total. The summed E-state index contributed by atoms with van der Waals surface area (Å²) in [5.41, 5.74) is -2.45. The van der Waals surface area contributed by atoms with Crippen LogP contribution in [0.3, 0.4) is 0 Å². The molecule has 0 aromatic heterocycles. The van der Waals surface area contributed by atoms with Crippen molar-refractivity contribution in [1.82, 2.24) is 0 Å². The molecule has 1 unspecified atom stereocenters. The molecule has 0 bridgehead atoms. The summed E-state index contributed by atoms with van der Waals surface area (Å²) in [5, 5.41) is 10.7. The number of ketones is 1. The van der Waals surface area contributed by atoms with Gasteiger partial charge in [-0.25, -0.2) is 4.39 Å². The third kappa shape index (κ3) is 2.54. The molecule has 2 aromatic carbocycles. The SMILES string of the molecule is C#CC(O)(C(=O)c1ccccc1F)c1ccc2c(c1)OCCO2. The summed E-state index contributed by atoms with van der Waals surface area (Å²) in [5.74, 6) is 1.29. The minimum atomic E-state index is -2.29. The van der Waals surface area contributed by atoms with E-state index in [9.17, 15) is 14.3 Å². The first kappa shape index (κ1) is 15.1. The molecule has 1 heterocycles. The van der Waals surface area contributed by atoms with Crippen LogP contribution in [0.15, 0.2) is 42.5 Å². The predicted molar refractivity (Wildman–Crippen MR) is 80.9 cm³/mol. The standard InChI is InChI=1S/C18H13FO4/c1-2-18(21,17(20)13-5-3-4-6-14(13)19)12-7-8-15-16(11-12)23-10-9-22-15/h1,3-8,11,21H,9-10H2. The molecule has 0 saturated carbocycles. The van der Waals surface area contributed by atoms with Gasteiger partial charge in [0.2, 0.25) is 11.4 Å². The number of fused-ring (bicyclic) bond motifs is 1. The summed E-state index contributed by atoms with van der Waals surface area (Å²) in [6.45, 7) is 0.770. The van der Waals surface area contributed by atoms with Gasteiger partial charge in [0.25, 0.3) is 0 Å². The number of aliphatic hydroxyl groups is 1. The van der Waals surface area contributed by atoms with Crippen molar-refractivity contribution in [3.05, 3.63) is 59.4 Å². The van der Waals surface area contributed by atoms with Crippen LogP contribution in [0, 0.1) is 18.2 Å². The Hall–Kier alpha value is -2.84. The van der Waals surface area contributed by atoms with Crippen molar-refractivity contribution in [1.29, 1.82) is 0 Å². The van der Waals surface area contributed by atoms with Crippen LogP contribution in [0.4, 0.5) is 4.39 Å². The lowest BCUT2D eigenvalue weighted by Gasteiger charge is -2.24. The molecule has 0 radical (unpaired) electrons. The summed E-state index contributed by atoms with van der Waals surface area (Å²) in [7, 11) is 0. The van der Waals surface area contributed by atoms with Gasteiger partial charge < -0.3 is 14.6 Å². The van der Waals surface area contributed by atoms with E-state index in [-0.39, 0.29) is 11.1 Å². The van der Waals surface area contributed by atoms with Gasteiger partial charge in [-0.2, -0.15) is 0 Å². The van der Waals surface area contributed by atoms with Crippen molar-refractivity contribution in [2.24, 2.45) is 0 Å². The zero-order valence-electron chi connectivity index (χ0n) is 12.1. The number of benzene rings is 2. The molecule has 1 atom stereocenters. The Bertz CT molecular complexity index is 809. The Morgan fingerprint density at radius 3 is 2.57 bits per heavy atom. The van der Waals surface area contributed by atoms with Crippen LogP contribution in [0.5, 0.6) is 11.5 Å². The van der Waals surface area contributed by atoms with E-state index in [1.165, 1.54) is 30.3 Å². The summed E-state index contributed by atoms with van der Waals surface area (Å²) >= 11 is 0. The topological polar surface area (TPSA) is 55.8 Å². The molecule has 0 fully saturated rings. The summed E-state index contributed by atoms with van der Waals surface area (Å²) in [6.07, 6.45) is 5.39.